The Kier molecular flexibility index (Phi) is 3.83. The predicted octanol–water partition coefficient (Wildman–Crippen LogP) is 3.37. The van der Waals surface area contributed by atoms with Crippen molar-refractivity contribution < 1.29 is 0 Å². The smallest absolute Gasteiger partial charge is 0.110 e. The minimum Gasteiger partial charge on any atom is -0.342 e. The second-order valence-electron chi connectivity index (χ2n) is 5.56. The van der Waals surface area contributed by atoms with Gasteiger partial charge in [0.15, 0.2) is 0 Å². The fourth-order valence-corrected chi connectivity index (χ4v) is 3.03. The maximum Gasteiger partial charge on any atom is 0.110 e. The van der Waals surface area contributed by atoms with Gasteiger partial charge in [-0.3, -0.25) is 0 Å². The summed E-state index contributed by atoms with van der Waals surface area (Å²) in [6.07, 6.45) is 6.40. The number of hydrogen-bond donors (Lipinski definition) is 2. The molecule has 2 aromatic rings. The summed E-state index contributed by atoms with van der Waals surface area (Å²) in [6, 6.07) is 6.63. The molecule has 0 bridgehead atoms. The summed E-state index contributed by atoms with van der Waals surface area (Å²) in [5.41, 5.74) is 3.71. The number of nitrogens with zero attached hydrogens (tertiary/aromatic N) is 1. The van der Waals surface area contributed by atoms with E-state index in [-0.39, 0.29) is 0 Å². The first kappa shape index (κ1) is 12.7. The van der Waals surface area contributed by atoms with E-state index in [0.29, 0.717) is 5.92 Å². The molecule has 3 rings (SSSR count). The number of rotatable bonds is 5. The zero-order valence-corrected chi connectivity index (χ0v) is 11.7. The van der Waals surface area contributed by atoms with Crippen molar-refractivity contribution in [1.82, 2.24) is 15.3 Å². The van der Waals surface area contributed by atoms with Crippen LogP contribution in [0.5, 0.6) is 0 Å². The number of fused-ring (bicyclic) bond motifs is 1. The Morgan fingerprint density at radius 1 is 1.32 bits per heavy atom. The van der Waals surface area contributed by atoms with Crippen LogP contribution < -0.4 is 5.32 Å². The minimum absolute atomic E-state index is 0.664. The molecule has 0 amide bonds. The molecule has 3 nitrogen and oxygen atoms in total. The van der Waals surface area contributed by atoms with Gasteiger partial charge in [0.1, 0.15) is 5.82 Å². The van der Waals surface area contributed by atoms with Crippen LogP contribution in [0.25, 0.3) is 11.0 Å². The fourth-order valence-electron chi connectivity index (χ4n) is 3.03. The molecule has 3 heteroatoms. The lowest BCUT2D eigenvalue weighted by Crippen LogP contribution is -2.15. The molecular formula is C16H23N3. The number of nitrogens with one attached hydrogen (secondary N) is 2. The minimum atomic E-state index is 0.664. The van der Waals surface area contributed by atoms with E-state index < -0.39 is 0 Å². The zero-order valence-electron chi connectivity index (χ0n) is 11.7. The van der Waals surface area contributed by atoms with E-state index in [0.717, 1.165) is 25.0 Å². The van der Waals surface area contributed by atoms with Crippen LogP contribution in [0.2, 0.25) is 0 Å². The predicted molar refractivity (Wildman–Crippen MR) is 79.6 cm³/mol. The Labute approximate surface area is 114 Å². The topological polar surface area (TPSA) is 40.7 Å². The molecule has 19 heavy (non-hydrogen) atoms. The second-order valence-corrected chi connectivity index (χ2v) is 5.56. The number of imidazole rings is 1. The van der Waals surface area contributed by atoms with Crippen molar-refractivity contribution in [2.24, 2.45) is 0 Å². The lowest BCUT2D eigenvalue weighted by Gasteiger charge is -2.02. The van der Waals surface area contributed by atoms with Crippen molar-refractivity contribution in [2.45, 2.75) is 44.9 Å². The number of likely N-dealkylation sites (N-methyl/N-ethyl adjacent to an activating group) is 1. The first-order valence-electron chi connectivity index (χ1n) is 7.56. The first-order valence-corrected chi connectivity index (χ1v) is 7.56. The second kappa shape index (κ2) is 5.74. The molecule has 0 radical (unpaired) electrons. The van der Waals surface area contributed by atoms with Crippen LogP contribution in [0.1, 0.15) is 49.9 Å². The number of benzene rings is 1. The summed E-state index contributed by atoms with van der Waals surface area (Å²) < 4.78 is 0. The normalized spacial score (nSPS) is 16.5. The highest BCUT2D eigenvalue weighted by atomic mass is 14.9. The van der Waals surface area contributed by atoms with Gasteiger partial charge < -0.3 is 10.3 Å². The number of aromatic amines is 1. The molecule has 1 aliphatic rings. The summed E-state index contributed by atoms with van der Waals surface area (Å²) in [5.74, 6) is 1.87. The van der Waals surface area contributed by atoms with Crippen LogP contribution in [0.4, 0.5) is 0 Å². The summed E-state index contributed by atoms with van der Waals surface area (Å²) in [7, 11) is 0. The van der Waals surface area contributed by atoms with E-state index in [1.807, 2.05) is 0 Å². The van der Waals surface area contributed by atoms with Gasteiger partial charge in [-0.15, -0.1) is 0 Å². The van der Waals surface area contributed by atoms with Crippen LogP contribution in [0.3, 0.4) is 0 Å². The Morgan fingerprint density at radius 3 is 2.95 bits per heavy atom. The van der Waals surface area contributed by atoms with Crippen molar-refractivity contribution in [2.75, 3.05) is 13.1 Å². The van der Waals surface area contributed by atoms with E-state index in [1.54, 1.807) is 0 Å². The maximum absolute atomic E-state index is 4.76. The van der Waals surface area contributed by atoms with Crippen LogP contribution in [0.15, 0.2) is 18.2 Å². The molecule has 1 fully saturated rings. The third kappa shape index (κ3) is 2.81. The molecule has 1 saturated carbocycles. The summed E-state index contributed by atoms with van der Waals surface area (Å²) >= 11 is 0. The number of hydrogen-bond acceptors (Lipinski definition) is 2. The summed E-state index contributed by atoms with van der Waals surface area (Å²) in [5, 5.41) is 3.37. The highest BCUT2D eigenvalue weighted by molar-refractivity contribution is 5.76. The third-order valence-electron chi connectivity index (χ3n) is 4.15. The van der Waals surface area contributed by atoms with Gasteiger partial charge in [0, 0.05) is 5.92 Å². The maximum atomic E-state index is 4.76. The van der Waals surface area contributed by atoms with Gasteiger partial charge in [0.05, 0.1) is 11.0 Å². The molecule has 0 aliphatic heterocycles. The highest BCUT2D eigenvalue weighted by Crippen LogP contribution is 2.33. The molecule has 1 heterocycles. The molecule has 2 N–H and O–H groups in total. The van der Waals surface area contributed by atoms with E-state index in [1.165, 1.54) is 42.6 Å². The largest absolute Gasteiger partial charge is 0.342 e. The molecule has 1 aliphatic carbocycles. The van der Waals surface area contributed by atoms with E-state index in [9.17, 15) is 0 Å². The Balaban J connectivity index is 1.78. The SMILES string of the molecule is CCNCCc1ccc2nc(C3CCCC3)[nH]c2c1. The average molecular weight is 257 g/mol. The van der Waals surface area contributed by atoms with Gasteiger partial charge in [0.25, 0.3) is 0 Å². The molecule has 0 spiro atoms. The standard InChI is InChI=1S/C16H23N3/c1-2-17-10-9-12-7-8-14-15(11-12)19-16(18-14)13-5-3-4-6-13/h7-8,11,13,17H,2-6,9-10H2,1H3,(H,18,19). The van der Waals surface area contributed by atoms with Crippen LogP contribution in [-0.4, -0.2) is 23.1 Å². The number of H-pyrrole nitrogens is 1. The molecule has 0 unspecified atom stereocenters. The van der Waals surface area contributed by atoms with Crippen molar-refractivity contribution in [3.8, 4) is 0 Å². The van der Waals surface area contributed by atoms with E-state index >= 15 is 0 Å². The van der Waals surface area contributed by atoms with Crippen molar-refractivity contribution in [1.29, 1.82) is 0 Å². The van der Waals surface area contributed by atoms with Gasteiger partial charge in [0.2, 0.25) is 0 Å². The molecule has 1 aromatic carbocycles. The van der Waals surface area contributed by atoms with Gasteiger partial charge in [-0.2, -0.15) is 0 Å². The molecule has 0 saturated heterocycles. The lowest BCUT2D eigenvalue weighted by atomic mass is 10.1. The monoisotopic (exact) mass is 257 g/mol. The third-order valence-corrected chi connectivity index (χ3v) is 4.15. The van der Waals surface area contributed by atoms with Gasteiger partial charge in [-0.25, -0.2) is 4.98 Å². The highest BCUT2D eigenvalue weighted by Gasteiger charge is 2.20. The van der Waals surface area contributed by atoms with Crippen LogP contribution in [0, 0.1) is 0 Å². The quantitative estimate of drug-likeness (QED) is 0.806. The average Bonchev–Trinajstić information content (AvgIpc) is 3.07. The van der Waals surface area contributed by atoms with Crippen LogP contribution in [-0.2, 0) is 6.42 Å². The van der Waals surface area contributed by atoms with Crippen molar-refractivity contribution in [3.05, 3.63) is 29.6 Å². The molecule has 1 aromatic heterocycles. The van der Waals surface area contributed by atoms with E-state index in [2.05, 4.69) is 35.4 Å². The van der Waals surface area contributed by atoms with Crippen LogP contribution >= 0.6 is 0 Å². The Bertz CT molecular complexity index is 538. The van der Waals surface area contributed by atoms with Gasteiger partial charge in [-0.05, 0) is 50.0 Å². The lowest BCUT2D eigenvalue weighted by molar-refractivity contribution is 0.681. The molecule has 0 atom stereocenters. The molecular weight excluding hydrogens is 234 g/mol. The number of aromatic nitrogens is 2. The first-order chi connectivity index (χ1) is 9.36. The fraction of sp³-hybridized carbons (Fsp3) is 0.562. The van der Waals surface area contributed by atoms with Gasteiger partial charge >= 0.3 is 0 Å². The molecule has 102 valence electrons. The van der Waals surface area contributed by atoms with E-state index in [4.69, 9.17) is 4.98 Å². The van der Waals surface area contributed by atoms with Crippen molar-refractivity contribution >= 4 is 11.0 Å². The van der Waals surface area contributed by atoms with Gasteiger partial charge in [-0.1, -0.05) is 25.8 Å². The summed E-state index contributed by atoms with van der Waals surface area (Å²) in [4.78, 5) is 8.30. The Morgan fingerprint density at radius 2 is 2.16 bits per heavy atom. The Hall–Kier alpha value is -1.35. The summed E-state index contributed by atoms with van der Waals surface area (Å²) in [6.45, 7) is 4.23. The van der Waals surface area contributed by atoms with Crippen molar-refractivity contribution in [3.63, 3.8) is 0 Å². The zero-order chi connectivity index (χ0) is 13.1.